The molecule has 0 heterocycles. The molecule has 5 nitrogen and oxygen atoms in total. The summed E-state index contributed by atoms with van der Waals surface area (Å²) < 4.78 is 26.3. The molecule has 0 fully saturated rings. The zero-order valence-corrected chi connectivity index (χ0v) is 13.4. The summed E-state index contributed by atoms with van der Waals surface area (Å²) in [7, 11) is -2.32. The highest BCUT2D eigenvalue weighted by molar-refractivity contribution is 7.89. The van der Waals surface area contributed by atoms with Gasteiger partial charge in [-0.15, -0.1) is 0 Å². The summed E-state index contributed by atoms with van der Waals surface area (Å²) in [6.07, 6.45) is 0. The second kappa shape index (κ2) is 6.11. The lowest BCUT2D eigenvalue weighted by Crippen LogP contribution is -2.20. The van der Waals surface area contributed by atoms with Crippen molar-refractivity contribution in [1.29, 1.82) is 0 Å². The highest BCUT2D eigenvalue weighted by atomic mass is 35.5. The molecule has 0 aliphatic carbocycles. The van der Waals surface area contributed by atoms with E-state index in [4.69, 9.17) is 28.9 Å². The SMILES string of the molecule is CNS(=O)(=O)c1cc(N)ccc1Nc1cc(Cl)cc(Cl)c1. The minimum atomic E-state index is -3.65. The molecule has 2 aromatic rings. The highest BCUT2D eigenvalue weighted by Crippen LogP contribution is 2.29. The maximum absolute atomic E-state index is 12.0. The van der Waals surface area contributed by atoms with Crippen molar-refractivity contribution in [3.8, 4) is 0 Å². The molecular weight excluding hydrogens is 333 g/mol. The monoisotopic (exact) mass is 345 g/mol. The summed E-state index contributed by atoms with van der Waals surface area (Å²) in [5.74, 6) is 0. The quantitative estimate of drug-likeness (QED) is 0.742. The molecule has 8 heteroatoms. The molecule has 2 aromatic carbocycles. The van der Waals surface area contributed by atoms with Crippen LogP contribution in [0.1, 0.15) is 0 Å². The van der Waals surface area contributed by atoms with Crippen LogP contribution in [-0.4, -0.2) is 15.5 Å². The van der Waals surface area contributed by atoms with Gasteiger partial charge in [0.2, 0.25) is 10.0 Å². The normalized spacial score (nSPS) is 11.4. The molecule has 0 saturated heterocycles. The summed E-state index contributed by atoms with van der Waals surface area (Å²) in [6.45, 7) is 0. The molecule has 0 spiro atoms. The number of hydrogen-bond donors (Lipinski definition) is 3. The van der Waals surface area contributed by atoms with Crippen LogP contribution in [-0.2, 0) is 10.0 Å². The summed E-state index contributed by atoms with van der Waals surface area (Å²) in [4.78, 5) is 0.0427. The molecule has 0 unspecified atom stereocenters. The van der Waals surface area contributed by atoms with Crippen molar-refractivity contribution in [2.75, 3.05) is 18.1 Å². The van der Waals surface area contributed by atoms with Gasteiger partial charge in [-0.2, -0.15) is 0 Å². The molecule has 4 N–H and O–H groups in total. The fourth-order valence-electron chi connectivity index (χ4n) is 1.76. The second-order valence-electron chi connectivity index (χ2n) is 4.25. The van der Waals surface area contributed by atoms with Crippen molar-refractivity contribution < 1.29 is 8.42 Å². The summed E-state index contributed by atoms with van der Waals surface area (Å²) in [5, 5.41) is 3.86. The molecule has 0 aliphatic rings. The van der Waals surface area contributed by atoms with Crippen LogP contribution in [0.25, 0.3) is 0 Å². The van der Waals surface area contributed by atoms with Gasteiger partial charge >= 0.3 is 0 Å². The topological polar surface area (TPSA) is 84.2 Å². The van der Waals surface area contributed by atoms with E-state index in [0.29, 0.717) is 27.1 Å². The third-order valence-corrected chi connectivity index (χ3v) is 4.60. The molecule has 0 atom stereocenters. The fourth-order valence-corrected chi connectivity index (χ4v) is 3.20. The predicted octanol–water partition coefficient (Wildman–Crippen LogP) is 3.23. The van der Waals surface area contributed by atoms with E-state index in [-0.39, 0.29) is 4.90 Å². The zero-order valence-electron chi connectivity index (χ0n) is 11.0. The third-order valence-electron chi connectivity index (χ3n) is 2.71. The average molecular weight is 346 g/mol. The van der Waals surface area contributed by atoms with Gasteiger partial charge in [-0.3, -0.25) is 0 Å². The Kier molecular flexibility index (Phi) is 4.63. The van der Waals surface area contributed by atoms with Crippen molar-refractivity contribution in [3.05, 3.63) is 46.4 Å². The minimum absolute atomic E-state index is 0.0427. The van der Waals surface area contributed by atoms with Gasteiger partial charge in [0.1, 0.15) is 4.90 Å². The van der Waals surface area contributed by atoms with Crippen LogP contribution in [0.4, 0.5) is 17.1 Å². The lowest BCUT2D eigenvalue weighted by Gasteiger charge is -2.13. The standard InChI is InChI=1S/C13H13Cl2N3O2S/c1-17-21(19,20)13-7-10(16)2-3-12(13)18-11-5-8(14)4-9(15)6-11/h2-7,17-18H,16H2,1H3. The maximum Gasteiger partial charge on any atom is 0.242 e. The van der Waals surface area contributed by atoms with Gasteiger partial charge in [-0.25, -0.2) is 13.1 Å². The van der Waals surface area contributed by atoms with E-state index in [1.807, 2.05) is 0 Å². The Labute approximate surface area is 133 Å². The van der Waals surface area contributed by atoms with Gasteiger partial charge < -0.3 is 11.1 Å². The number of hydrogen-bond acceptors (Lipinski definition) is 4. The van der Waals surface area contributed by atoms with Gasteiger partial charge in [-0.05, 0) is 43.4 Å². The van der Waals surface area contributed by atoms with Gasteiger partial charge in [0.25, 0.3) is 0 Å². The van der Waals surface area contributed by atoms with E-state index >= 15 is 0 Å². The first-order valence-electron chi connectivity index (χ1n) is 5.88. The van der Waals surface area contributed by atoms with Crippen LogP contribution in [0, 0.1) is 0 Å². The molecular formula is C13H13Cl2N3O2S. The fraction of sp³-hybridized carbons (Fsp3) is 0.0769. The summed E-state index contributed by atoms with van der Waals surface area (Å²) >= 11 is 11.8. The van der Waals surface area contributed by atoms with Crippen LogP contribution in [0.15, 0.2) is 41.3 Å². The Morgan fingerprint density at radius 2 is 1.67 bits per heavy atom. The number of nitrogen functional groups attached to an aromatic ring is 1. The smallest absolute Gasteiger partial charge is 0.242 e. The second-order valence-corrected chi connectivity index (χ2v) is 6.97. The highest BCUT2D eigenvalue weighted by Gasteiger charge is 2.17. The number of halogens is 2. The van der Waals surface area contributed by atoms with E-state index in [9.17, 15) is 8.42 Å². The van der Waals surface area contributed by atoms with Crippen LogP contribution in [0.2, 0.25) is 10.0 Å². The predicted molar refractivity (Wildman–Crippen MR) is 86.8 cm³/mol. The molecule has 0 bridgehead atoms. The number of sulfonamides is 1. The minimum Gasteiger partial charge on any atom is -0.399 e. The van der Waals surface area contributed by atoms with Crippen molar-refractivity contribution in [2.45, 2.75) is 4.90 Å². The Morgan fingerprint density at radius 3 is 2.24 bits per heavy atom. The Morgan fingerprint density at radius 1 is 1.05 bits per heavy atom. The first-order chi connectivity index (χ1) is 9.81. The zero-order chi connectivity index (χ0) is 15.6. The van der Waals surface area contributed by atoms with Gasteiger partial charge in [0.15, 0.2) is 0 Å². The molecule has 2 rings (SSSR count). The summed E-state index contributed by atoms with van der Waals surface area (Å²) in [5.41, 5.74) is 6.95. The summed E-state index contributed by atoms with van der Waals surface area (Å²) in [6, 6.07) is 9.42. The van der Waals surface area contributed by atoms with Gasteiger partial charge in [0, 0.05) is 21.4 Å². The number of rotatable bonds is 4. The van der Waals surface area contributed by atoms with Gasteiger partial charge in [0.05, 0.1) is 5.69 Å². The molecule has 0 amide bonds. The maximum atomic E-state index is 12.0. The Balaban J connectivity index is 2.49. The van der Waals surface area contributed by atoms with Crippen LogP contribution >= 0.6 is 23.2 Å². The lowest BCUT2D eigenvalue weighted by molar-refractivity contribution is 0.588. The molecule has 0 radical (unpaired) electrons. The van der Waals surface area contributed by atoms with E-state index in [0.717, 1.165) is 0 Å². The largest absolute Gasteiger partial charge is 0.399 e. The molecule has 112 valence electrons. The van der Waals surface area contributed by atoms with Crippen LogP contribution < -0.4 is 15.8 Å². The van der Waals surface area contributed by atoms with E-state index in [2.05, 4.69) is 10.0 Å². The van der Waals surface area contributed by atoms with Crippen LogP contribution in [0.5, 0.6) is 0 Å². The number of benzene rings is 2. The third kappa shape index (κ3) is 3.79. The van der Waals surface area contributed by atoms with E-state index in [1.165, 1.54) is 13.1 Å². The van der Waals surface area contributed by atoms with Crippen molar-refractivity contribution in [2.24, 2.45) is 0 Å². The number of nitrogens with two attached hydrogens (primary N) is 1. The van der Waals surface area contributed by atoms with Crippen molar-refractivity contribution in [3.63, 3.8) is 0 Å². The Bertz CT molecular complexity index is 759. The van der Waals surface area contributed by atoms with Crippen molar-refractivity contribution in [1.82, 2.24) is 4.72 Å². The number of nitrogens with one attached hydrogen (secondary N) is 2. The van der Waals surface area contributed by atoms with Crippen molar-refractivity contribution >= 4 is 50.3 Å². The molecule has 0 aliphatic heterocycles. The molecule has 21 heavy (non-hydrogen) atoms. The number of anilines is 3. The molecule has 0 saturated carbocycles. The van der Waals surface area contributed by atoms with Gasteiger partial charge in [-0.1, -0.05) is 23.2 Å². The van der Waals surface area contributed by atoms with E-state index in [1.54, 1.807) is 30.3 Å². The molecule has 0 aromatic heterocycles. The first kappa shape index (κ1) is 15.9. The lowest BCUT2D eigenvalue weighted by atomic mass is 10.2. The first-order valence-corrected chi connectivity index (χ1v) is 8.12. The van der Waals surface area contributed by atoms with E-state index < -0.39 is 10.0 Å². The average Bonchev–Trinajstić information content (AvgIpc) is 2.39. The van der Waals surface area contributed by atoms with Crippen LogP contribution in [0.3, 0.4) is 0 Å². The Hall–Kier alpha value is -1.47.